The van der Waals surface area contributed by atoms with E-state index in [-0.39, 0.29) is 24.2 Å². The highest BCUT2D eigenvalue weighted by Gasteiger charge is 2.38. The molecule has 0 radical (unpaired) electrons. The molecule has 4 heterocycles. The van der Waals surface area contributed by atoms with Crippen LogP contribution < -0.4 is 9.64 Å². The SMILES string of the molecule is COc1cccc(N2CC(C(=O)N3CCc4nc5ncccc5cc4C3)CC2=O)c1. The largest absolute Gasteiger partial charge is 0.497 e. The van der Waals surface area contributed by atoms with E-state index < -0.39 is 0 Å². The van der Waals surface area contributed by atoms with Gasteiger partial charge in [0.25, 0.3) is 0 Å². The smallest absolute Gasteiger partial charge is 0.228 e. The quantitative estimate of drug-likeness (QED) is 0.673. The van der Waals surface area contributed by atoms with Gasteiger partial charge in [-0.1, -0.05) is 6.07 Å². The molecule has 0 saturated carbocycles. The summed E-state index contributed by atoms with van der Waals surface area (Å²) in [6, 6.07) is 13.3. The molecule has 2 amide bonds. The maximum absolute atomic E-state index is 13.2. The molecule has 1 unspecified atom stereocenters. The second-order valence-electron chi connectivity index (χ2n) is 7.76. The maximum Gasteiger partial charge on any atom is 0.228 e. The fourth-order valence-corrected chi connectivity index (χ4v) is 4.31. The van der Waals surface area contributed by atoms with Crippen molar-refractivity contribution >= 4 is 28.5 Å². The van der Waals surface area contributed by atoms with Crippen molar-refractivity contribution in [3.05, 3.63) is 59.9 Å². The number of fused-ring (bicyclic) bond motifs is 2. The van der Waals surface area contributed by atoms with E-state index in [0.717, 1.165) is 28.0 Å². The Morgan fingerprint density at radius 2 is 2.10 bits per heavy atom. The summed E-state index contributed by atoms with van der Waals surface area (Å²) in [4.78, 5) is 38.4. The molecule has 0 aliphatic carbocycles. The lowest BCUT2D eigenvalue weighted by molar-refractivity contribution is -0.136. The van der Waals surface area contributed by atoms with Crippen molar-refractivity contribution in [2.45, 2.75) is 19.4 Å². The fourth-order valence-electron chi connectivity index (χ4n) is 4.31. The third-order valence-corrected chi connectivity index (χ3v) is 5.89. The zero-order valence-electron chi connectivity index (χ0n) is 16.7. The number of benzene rings is 1. The molecule has 7 nitrogen and oxygen atoms in total. The molecular formula is C23H22N4O3. The van der Waals surface area contributed by atoms with Gasteiger partial charge in [0.2, 0.25) is 11.8 Å². The van der Waals surface area contributed by atoms with Gasteiger partial charge in [-0.25, -0.2) is 9.97 Å². The normalized spacial score (nSPS) is 18.6. The molecule has 7 heteroatoms. The summed E-state index contributed by atoms with van der Waals surface area (Å²) in [5.41, 5.74) is 3.57. The van der Waals surface area contributed by atoms with Crippen LogP contribution in [0.2, 0.25) is 0 Å². The van der Waals surface area contributed by atoms with Crippen LogP contribution in [-0.2, 0) is 22.6 Å². The van der Waals surface area contributed by atoms with Gasteiger partial charge in [-0.15, -0.1) is 0 Å². The van der Waals surface area contributed by atoms with Crippen LogP contribution in [0.1, 0.15) is 17.7 Å². The molecule has 2 aliphatic heterocycles. The first-order valence-electron chi connectivity index (χ1n) is 10.1. The van der Waals surface area contributed by atoms with E-state index in [9.17, 15) is 9.59 Å². The minimum atomic E-state index is -0.333. The Labute approximate surface area is 174 Å². The van der Waals surface area contributed by atoms with Crippen LogP contribution in [0.5, 0.6) is 5.75 Å². The molecular weight excluding hydrogens is 380 g/mol. The zero-order valence-corrected chi connectivity index (χ0v) is 16.7. The summed E-state index contributed by atoms with van der Waals surface area (Å²) < 4.78 is 5.26. The second kappa shape index (κ2) is 7.40. The summed E-state index contributed by atoms with van der Waals surface area (Å²) in [7, 11) is 1.60. The van der Waals surface area contributed by atoms with Crippen LogP contribution >= 0.6 is 0 Å². The Bertz CT molecular complexity index is 1150. The van der Waals surface area contributed by atoms with Crippen LogP contribution in [0, 0.1) is 5.92 Å². The Kier molecular flexibility index (Phi) is 4.58. The van der Waals surface area contributed by atoms with Gasteiger partial charge >= 0.3 is 0 Å². The minimum absolute atomic E-state index is 0.0299. The topological polar surface area (TPSA) is 75.6 Å². The summed E-state index contributed by atoms with van der Waals surface area (Å²) in [5, 5.41) is 0.978. The third-order valence-electron chi connectivity index (χ3n) is 5.89. The van der Waals surface area contributed by atoms with Crippen LogP contribution in [0.3, 0.4) is 0 Å². The number of anilines is 1. The van der Waals surface area contributed by atoms with Gasteiger partial charge in [0, 0.05) is 61.5 Å². The Morgan fingerprint density at radius 1 is 1.20 bits per heavy atom. The van der Waals surface area contributed by atoms with Crippen LogP contribution in [0.25, 0.3) is 11.0 Å². The number of rotatable bonds is 3. The standard InChI is InChI=1S/C23H22N4O3/c1-30-19-6-2-5-18(12-19)27-14-17(11-21(27)28)23(29)26-9-7-20-16(13-26)10-15-4-3-8-24-22(15)25-20/h2-6,8,10,12,17H,7,9,11,13-14H2,1H3. The maximum atomic E-state index is 13.2. The average Bonchev–Trinajstić information content (AvgIpc) is 3.18. The number of nitrogens with zero attached hydrogens (tertiary/aromatic N) is 4. The van der Waals surface area contributed by atoms with Gasteiger partial charge in [-0.2, -0.15) is 0 Å². The monoisotopic (exact) mass is 402 g/mol. The van der Waals surface area contributed by atoms with Crippen LogP contribution in [-0.4, -0.2) is 46.9 Å². The lowest BCUT2D eigenvalue weighted by Crippen LogP contribution is -2.41. The van der Waals surface area contributed by atoms with Crippen molar-refractivity contribution in [3.63, 3.8) is 0 Å². The lowest BCUT2D eigenvalue weighted by atomic mass is 10.0. The average molecular weight is 402 g/mol. The highest BCUT2D eigenvalue weighted by atomic mass is 16.5. The van der Waals surface area contributed by atoms with Crippen molar-refractivity contribution in [1.82, 2.24) is 14.9 Å². The second-order valence-corrected chi connectivity index (χ2v) is 7.76. The molecule has 2 aromatic heterocycles. The number of ether oxygens (including phenoxy) is 1. The highest BCUT2D eigenvalue weighted by molar-refractivity contribution is 6.00. The van der Waals surface area contributed by atoms with Crippen molar-refractivity contribution < 1.29 is 14.3 Å². The third kappa shape index (κ3) is 3.26. The van der Waals surface area contributed by atoms with Gasteiger partial charge in [-0.05, 0) is 35.9 Å². The number of methoxy groups -OCH3 is 1. The first kappa shape index (κ1) is 18.5. The van der Waals surface area contributed by atoms with Crippen LogP contribution in [0.4, 0.5) is 5.69 Å². The number of amides is 2. The molecule has 152 valence electrons. The summed E-state index contributed by atoms with van der Waals surface area (Å²) >= 11 is 0. The van der Waals surface area contributed by atoms with Gasteiger partial charge < -0.3 is 14.5 Å². The molecule has 1 atom stereocenters. The molecule has 0 N–H and O–H groups in total. The van der Waals surface area contributed by atoms with Crippen molar-refractivity contribution in [2.24, 2.45) is 5.92 Å². The molecule has 1 fully saturated rings. The zero-order chi connectivity index (χ0) is 20.7. The first-order chi connectivity index (χ1) is 14.6. The van der Waals surface area contributed by atoms with Gasteiger partial charge in [0.1, 0.15) is 5.75 Å². The number of hydrogen-bond acceptors (Lipinski definition) is 5. The highest BCUT2D eigenvalue weighted by Crippen LogP contribution is 2.30. The number of hydrogen-bond donors (Lipinski definition) is 0. The molecule has 30 heavy (non-hydrogen) atoms. The van der Waals surface area contributed by atoms with E-state index in [1.54, 1.807) is 18.2 Å². The van der Waals surface area contributed by atoms with Gasteiger partial charge in [0.15, 0.2) is 5.65 Å². The van der Waals surface area contributed by atoms with E-state index in [1.807, 2.05) is 41.3 Å². The van der Waals surface area contributed by atoms with Gasteiger partial charge in [-0.3, -0.25) is 9.59 Å². The first-order valence-corrected chi connectivity index (χ1v) is 10.1. The van der Waals surface area contributed by atoms with Crippen LogP contribution in [0.15, 0.2) is 48.7 Å². The molecule has 1 aromatic carbocycles. The van der Waals surface area contributed by atoms with E-state index in [1.165, 1.54) is 0 Å². The number of aromatic nitrogens is 2. The molecule has 2 aliphatic rings. The minimum Gasteiger partial charge on any atom is -0.497 e. The van der Waals surface area contributed by atoms with E-state index in [2.05, 4.69) is 16.0 Å². The Balaban J connectivity index is 1.33. The Morgan fingerprint density at radius 3 is 2.97 bits per heavy atom. The number of carbonyl (C=O) groups excluding carboxylic acids is 2. The van der Waals surface area contributed by atoms with Crippen molar-refractivity contribution in [2.75, 3.05) is 25.1 Å². The van der Waals surface area contributed by atoms with Crippen molar-refractivity contribution in [3.8, 4) is 5.75 Å². The predicted octanol–water partition coefficient (Wildman–Crippen LogP) is 2.58. The molecule has 1 saturated heterocycles. The molecule has 5 rings (SSSR count). The molecule has 0 spiro atoms. The number of carbonyl (C=O) groups is 2. The fraction of sp³-hybridized carbons (Fsp3) is 0.304. The summed E-state index contributed by atoms with van der Waals surface area (Å²) in [5.74, 6) is 0.362. The predicted molar refractivity (Wildman–Crippen MR) is 112 cm³/mol. The summed E-state index contributed by atoms with van der Waals surface area (Å²) in [6.45, 7) is 1.53. The van der Waals surface area contributed by atoms with Crippen molar-refractivity contribution in [1.29, 1.82) is 0 Å². The van der Waals surface area contributed by atoms with E-state index in [4.69, 9.17) is 4.74 Å². The van der Waals surface area contributed by atoms with E-state index in [0.29, 0.717) is 31.8 Å². The van der Waals surface area contributed by atoms with Gasteiger partial charge in [0.05, 0.1) is 13.0 Å². The summed E-state index contributed by atoms with van der Waals surface area (Å²) in [6.07, 6.45) is 2.68. The number of pyridine rings is 2. The van der Waals surface area contributed by atoms with E-state index >= 15 is 0 Å². The molecule has 0 bridgehead atoms. The molecule has 3 aromatic rings. The Hall–Kier alpha value is -3.48. The lowest BCUT2D eigenvalue weighted by Gasteiger charge is -2.30.